The fraction of sp³-hybridized carbons (Fsp3) is 0.333. The number of carbonyl (C=O) groups is 2. The number of carbonyl (C=O) groups excluding carboxylic acids is 2. The Bertz CT molecular complexity index is 1280. The molecule has 0 aliphatic rings. The zero-order chi connectivity index (χ0) is 27.7. The lowest BCUT2D eigenvalue weighted by molar-refractivity contribution is -0.265. The average Bonchev–Trinajstić information content (AvgIpc) is 2.69. The van der Waals surface area contributed by atoms with Crippen LogP contribution in [-0.2, 0) is 33.0 Å². The van der Waals surface area contributed by atoms with Crippen LogP contribution in [0.4, 0.5) is 26.3 Å². The van der Waals surface area contributed by atoms with Crippen molar-refractivity contribution < 1.29 is 49.5 Å². The van der Waals surface area contributed by atoms with Gasteiger partial charge in [0.2, 0.25) is 5.91 Å². The first-order chi connectivity index (χ1) is 16.2. The summed E-state index contributed by atoms with van der Waals surface area (Å²) in [5, 5.41) is 12.0. The quantitative estimate of drug-likeness (QED) is 0.325. The van der Waals surface area contributed by atoms with Crippen molar-refractivity contribution in [3.63, 3.8) is 0 Å². The van der Waals surface area contributed by atoms with Gasteiger partial charge in [0.25, 0.3) is 0 Å². The van der Waals surface area contributed by atoms with Gasteiger partial charge in [0, 0.05) is 27.9 Å². The lowest BCUT2D eigenvalue weighted by Crippen LogP contribution is -2.44. The summed E-state index contributed by atoms with van der Waals surface area (Å²) in [6, 6.07) is 4.39. The third-order valence-corrected chi connectivity index (χ3v) is 6.58. The monoisotopic (exact) mass is 623 g/mol. The minimum Gasteiger partial charge on any atom is -0.376 e. The van der Waals surface area contributed by atoms with Crippen LogP contribution in [0.25, 0.3) is 0 Å². The van der Waals surface area contributed by atoms with Gasteiger partial charge in [-0.3, -0.25) is 9.59 Å². The highest BCUT2D eigenvalue weighted by Crippen LogP contribution is 2.45. The molecular weight excluding hydrogens is 608 g/mol. The summed E-state index contributed by atoms with van der Waals surface area (Å²) < 4.78 is 103. The van der Waals surface area contributed by atoms with Gasteiger partial charge in [-0.15, -0.1) is 0 Å². The fourth-order valence-electron chi connectivity index (χ4n) is 3.04. The van der Waals surface area contributed by atoms with Crippen molar-refractivity contribution in [1.29, 1.82) is 0 Å². The minimum atomic E-state index is -5.54. The summed E-state index contributed by atoms with van der Waals surface area (Å²) in [6.45, 7) is -0.182. The topological polar surface area (TPSA) is 101 Å². The van der Waals surface area contributed by atoms with Gasteiger partial charge in [0.1, 0.15) is 5.75 Å². The average molecular weight is 625 g/mol. The molecule has 0 aliphatic carbocycles. The van der Waals surface area contributed by atoms with Crippen molar-refractivity contribution in [2.24, 2.45) is 0 Å². The molecule has 1 atom stereocenters. The smallest absolute Gasteiger partial charge is 0.376 e. The third-order valence-electron chi connectivity index (χ3n) is 4.83. The molecule has 2 N–H and O–H groups in total. The highest BCUT2D eigenvalue weighted by Gasteiger charge is 2.56. The molecule has 0 aromatic heterocycles. The maximum absolute atomic E-state index is 13.8. The van der Waals surface area contributed by atoms with Crippen LogP contribution >= 0.6 is 27.5 Å². The largest absolute Gasteiger partial charge is 0.421 e. The summed E-state index contributed by atoms with van der Waals surface area (Å²) in [5.41, 5.74) is -6.77. The van der Waals surface area contributed by atoms with E-state index in [1.165, 1.54) is 6.07 Å². The number of alkyl halides is 6. The maximum atomic E-state index is 13.8. The summed E-state index contributed by atoms with van der Waals surface area (Å²) in [4.78, 5) is 24.3. The standard InChI is InChI=1S/C21H17BrClF6NO5S/c1-36(34,35)10-18(32)30-9-12-3-2-11(4-16(12)22)17(31)8-19(33,21(27,28)29)13-5-14(20(24,25)26)7-15(23)6-13/h2-7,33H,8-10H2,1H3,(H,30,32). The van der Waals surface area contributed by atoms with E-state index in [-0.39, 0.29) is 22.6 Å². The predicted octanol–water partition coefficient (Wildman–Crippen LogP) is 4.81. The van der Waals surface area contributed by atoms with Crippen LogP contribution in [0.3, 0.4) is 0 Å². The number of ketones is 1. The number of aliphatic hydroxyl groups is 1. The Kier molecular flexibility index (Phi) is 8.92. The van der Waals surface area contributed by atoms with Crippen LogP contribution in [-0.4, -0.2) is 43.4 Å². The summed E-state index contributed by atoms with van der Waals surface area (Å²) in [5.74, 6) is -2.83. The summed E-state index contributed by atoms with van der Waals surface area (Å²) in [7, 11) is -3.58. The van der Waals surface area contributed by atoms with Gasteiger partial charge in [-0.2, -0.15) is 26.3 Å². The van der Waals surface area contributed by atoms with E-state index in [0.29, 0.717) is 17.7 Å². The van der Waals surface area contributed by atoms with Gasteiger partial charge in [0.05, 0.1) is 12.0 Å². The molecule has 15 heteroatoms. The van der Waals surface area contributed by atoms with E-state index in [4.69, 9.17) is 11.6 Å². The Morgan fingerprint density at radius 3 is 2.11 bits per heavy atom. The lowest BCUT2D eigenvalue weighted by atomic mass is 9.85. The molecule has 0 heterocycles. The molecular formula is C21H17BrClF6NO5S. The van der Waals surface area contributed by atoms with Crippen molar-refractivity contribution in [3.05, 3.63) is 68.1 Å². The van der Waals surface area contributed by atoms with Crippen molar-refractivity contribution in [2.75, 3.05) is 12.0 Å². The van der Waals surface area contributed by atoms with Gasteiger partial charge in [0.15, 0.2) is 21.2 Å². The second kappa shape index (κ2) is 10.7. The van der Waals surface area contributed by atoms with Gasteiger partial charge < -0.3 is 10.4 Å². The Balaban J connectivity index is 2.33. The first-order valence-electron chi connectivity index (χ1n) is 9.66. The third kappa shape index (κ3) is 7.67. The Hall–Kier alpha value is -2.16. The highest BCUT2D eigenvalue weighted by atomic mass is 79.9. The van der Waals surface area contributed by atoms with Crippen molar-refractivity contribution in [3.8, 4) is 0 Å². The normalized spacial score (nSPS) is 14.3. The number of benzene rings is 2. The van der Waals surface area contributed by atoms with E-state index < -0.39 is 67.8 Å². The molecule has 0 bridgehead atoms. The molecule has 2 rings (SSSR count). The molecule has 2 aromatic rings. The molecule has 0 saturated carbocycles. The molecule has 0 aliphatic heterocycles. The Morgan fingerprint density at radius 2 is 1.61 bits per heavy atom. The van der Waals surface area contributed by atoms with E-state index in [9.17, 15) is 49.5 Å². The van der Waals surface area contributed by atoms with E-state index in [1.54, 1.807) is 0 Å². The summed E-state index contributed by atoms with van der Waals surface area (Å²) >= 11 is 8.64. The summed E-state index contributed by atoms with van der Waals surface area (Å²) in [6.07, 6.45) is -11.4. The second-order valence-corrected chi connectivity index (χ2v) is 11.3. The van der Waals surface area contributed by atoms with E-state index >= 15 is 0 Å². The van der Waals surface area contributed by atoms with E-state index in [1.807, 2.05) is 0 Å². The first-order valence-corrected chi connectivity index (χ1v) is 12.9. The number of halogens is 8. The molecule has 198 valence electrons. The number of hydrogen-bond acceptors (Lipinski definition) is 5. The Morgan fingerprint density at radius 1 is 1.03 bits per heavy atom. The zero-order valence-corrected chi connectivity index (χ0v) is 21.3. The van der Waals surface area contributed by atoms with Gasteiger partial charge in [-0.1, -0.05) is 39.7 Å². The first kappa shape index (κ1) is 30.1. The van der Waals surface area contributed by atoms with Gasteiger partial charge >= 0.3 is 12.4 Å². The van der Waals surface area contributed by atoms with Crippen LogP contribution in [0.5, 0.6) is 0 Å². The van der Waals surface area contributed by atoms with E-state index in [2.05, 4.69) is 21.2 Å². The number of hydrogen-bond donors (Lipinski definition) is 2. The molecule has 2 aromatic carbocycles. The number of amides is 1. The molecule has 6 nitrogen and oxygen atoms in total. The Labute approximate surface area is 214 Å². The molecule has 0 fully saturated rings. The van der Waals surface area contributed by atoms with Crippen LogP contribution < -0.4 is 5.32 Å². The molecule has 0 radical (unpaired) electrons. The van der Waals surface area contributed by atoms with Crippen LogP contribution in [0.1, 0.15) is 33.5 Å². The van der Waals surface area contributed by atoms with Crippen LogP contribution in [0.15, 0.2) is 40.9 Å². The van der Waals surface area contributed by atoms with E-state index in [0.717, 1.165) is 18.4 Å². The number of nitrogens with one attached hydrogen (secondary N) is 1. The number of Topliss-reactive ketones (excluding diaryl/α,β-unsaturated/α-hetero) is 1. The number of sulfone groups is 1. The van der Waals surface area contributed by atoms with Gasteiger partial charge in [-0.25, -0.2) is 8.42 Å². The fourth-order valence-corrected chi connectivity index (χ4v) is 4.37. The van der Waals surface area contributed by atoms with Crippen molar-refractivity contribution in [1.82, 2.24) is 5.32 Å². The lowest BCUT2D eigenvalue weighted by Gasteiger charge is -2.31. The zero-order valence-electron chi connectivity index (χ0n) is 18.1. The molecule has 0 saturated heterocycles. The molecule has 0 spiro atoms. The molecule has 1 unspecified atom stereocenters. The van der Waals surface area contributed by atoms with Crippen LogP contribution in [0, 0.1) is 0 Å². The predicted molar refractivity (Wildman–Crippen MR) is 121 cm³/mol. The minimum absolute atomic E-state index is 0.0743. The molecule has 1 amide bonds. The van der Waals surface area contributed by atoms with Crippen molar-refractivity contribution in [2.45, 2.75) is 30.9 Å². The van der Waals surface area contributed by atoms with Crippen molar-refractivity contribution >= 4 is 49.1 Å². The maximum Gasteiger partial charge on any atom is 0.421 e. The highest BCUT2D eigenvalue weighted by molar-refractivity contribution is 9.10. The molecule has 36 heavy (non-hydrogen) atoms. The SMILES string of the molecule is CS(=O)(=O)CC(=O)NCc1ccc(C(=O)CC(O)(c2cc(Cl)cc(C(F)(F)F)c2)C(F)(F)F)cc1Br. The van der Waals surface area contributed by atoms with Crippen LogP contribution in [0.2, 0.25) is 5.02 Å². The number of rotatable bonds is 8. The second-order valence-electron chi connectivity index (χ2n) is 7.84. The van der Waals surface area contributed by atoms with Gasteiger partial charge in [-0.05, 0) is 35.4 Å².